The van der Waals surface area contributed by atoms with E-state index in [0.29, 0.717) is 25.4 Å². The molecule has 0 aliphatic carbocycles. The summed E-state index contributed by atoms with van der Waals surface area (Å²) in [6, 6.07) is 9.50. The Bertz CT molecular complexity index is 1120. The number of nitriles is 1. The van der Waals surface area contributed by atoms with E-state index in [9.17, 15) is 9.59 Å². The van der Waals surface area contributed by atoms with E-state index in [1.54, 1.807) is 4.90 Å². The van der Waals surface area contributed by atoms with Crippen LogP contribution < -0.4 is 16.0 Å². The first-order valence-electron chi connectivity index (χ1n) is 12.7. The van der Waals surface area contributed by atoms with Gasteiger partial charge in [0.25, 0.3) is 0 Å². The van der Waals surface area contributed by atoms with Crippen LogP contribution >= 0.6 is 11.5 Å². The number of hydrogen-bond donors (Lipinski definition) is 3. The zero-order valence-electron chi connectivity index (χ0n) is 22.6. The smallest absolute Gasteiger partial charge is 0.410 e. The molecule has 1 aromatic carbocycles. The molecule has 1 fully saturated rings. The second kappa shape index (κ2) is 12.4. The molecule has 2 aromatic rings. The summed E-state index contributed by atoms with van der Waals surface area (Å²) in [7, 11) is 0. The van der Waals surface area contributed by atoms with Crippen LogP contribution in [0.25, 0.3) is 11.1 Å². The molecule has 0 saturated carbocycles. The molecule has 1 unspecified atom stereocenters. The van der Waals surface area contributed by atoms with E-state index in [-0.39, 0.29) is 24.6 Å². The number of hydrogen-bond acceptors (Lipinski definition) is 8. The van der Waals surface area contributed by atoms with Gasteiger partial charge in [-0.25, -0.2) is 4.79 Å². The Labute approximate surface area is 223 Å². The molecule has 1 saturated heterocycles. The van der Waals surface area contributed by atoms with E-state index >= 15 is 0 Å². The van der Waals surface area contributed by atoms with Gasteiger partial charge in [0.05, 0.1) is 17.8 Å². The zero-order valence-corrected chi connectivity index (χ0v) is 23.4. The number of aromatic nitrogens is 1. The van der Waals surface area contributed by atoms with Gasteiger partial charge in [0.1, 0.15) is 23.2 Å². The molecular formula is C27H38N6O3S. The van der Waals surface area contributed by atoms with Gasteiger partial charge in [-0.05, 0) is 62.7 Å². The number of carbonyl (C=O) groups is 2. The van der Waals surface area contributed by atoms with Gasteiger partial charge in [0, 0.05) is 25.2 Å². The molecule has 0 radical (unpaired) electrons. The Hall–Kier alpha value is -3.16. The Kier molecular flexibility index (Phi) is 9.51. The third kappa shape index (κ3) is 7.66. The van der Waals surface area contributed by atoms with Gasteiger partial charge in [-0.1, -0.05) is 38.1 Å². The van der Waals surface area contributed by atoms with Crippen LogP contribution in [0.3, 0.4) is 0 Å². The third-order valence-corrected chi connectivity index (χ3v) is 6.86. The highest BCUT2D eigenvalue weighted by molar-refractivity contribution is 7.11. The molecule has 10 heteroatoms. The Morgan fingerprint density at radius 2 is 2.00 bits per heavy atom. The fourth-order valence-corrected chi connectivity index (χ4v) is 5.20. The molecule has 2 amide bonds. The maximum atomic E-state index is 12.9. The molecule has 200 valence electrons. The molecule has 1 aliphatic rings. The minimum Gasteiger partial charge on any atom is -0.444 e. The van der Waals surface area contributed by atoms with E-state index in [1.807, 2.05) is 58.0 Å². The largest absolute Gasteiger partial charge is 0.444 e. The summed E-state index contributed by atoms with van der Waals surface area (Å²) in [5.41, 5.74) is 3.26. The van der Waals surface area contributed by atoms with Crippen LogP contribution in [-0.4, -0.2) is 59.1 Å². The van der Waals surface area contributed by atoms with E-state index in [4.69, 9.17) is 10.00 Å². The Balaban J connectivity index is 1.83. The van der Waals surface area contributed by atoms with Crippen molar-refractivity contribution in [1.82, 2.24) is 19.9 Å². The second-order valence-electron chi connectivity index (χ2n) is 10.7. The van der Waals surface area contributed by atoms with Crippen molar-refractivity contribution in [3.8, 4) is 17.2 Å². The highest BCUT2D eigenvalue weighted by Gasteiger charge is 2.31. The highest BCUT2D eigenvalue weighted by atomic mass is 32.1. The molecule has 3 rings (SSSR count). The first-order chi connectivity index (χ1) is 17.5. The topological polar surface area (TPSA) is 119 Å². The van der Waals surface area contributed by atoms with Crippen molar-refractivity contribution in [3.63, 3.8) is 0 Å². The van der Waals surface area contributed by atoms with Gasteiger partial charge in [-0.2, -0.15) is 9.64 Å². The maximum absolute atomic E-state index is 12.9. The van der Waals surface area contributed by atoms with E-state index in [0.717, 1.165) is 33.9 Å². The average molecular weight is 527 g/mol. The van der Waals surface area contributed by atoms with Crippen molar-refractivity contribution in [2.45, 2.75) is 65.6 Å². The lowest BCUT2D eigenvalue weighted by molar-refractivity contribution is -0.121. The molecule has 0 spiro atoms. The van der Waals surface area contributed by atoms with Crippen LogP contribution in [0.15, 0.2) is 24.3 Å². The normalized spacial score (nSPS) is 16.7. The summed E-state index contributed by atoms with van der Waals surface area (Å²) >= 11 is 1.32. The fourth-order valence-electron chi connectivity index (χ4n) is 4.33. The summed E-state index contributed by atoms with van der Waals surface area (Å²) in [6.45, 7) is 13.6. The Morgan fingerprint density at radius 1 is 1.30 bits per heavy atom. The predicted octanol–water partition coefficient (Wildman–Crippen LogP) is 4.47. The van der Waals surface area contributed by atoms with Crippen LogP contribution in [-0.2, 0) is 9.53 Å². The summed E-state index contributed by atoms with van der Waals surface area (Å²) < 4.78 is 10.2. The molecule has 9 nitrogen and oxygen atoms in total. The molecule has 2 heterocycles. The number of carbonyl (C=O) groups excluding carboxylic acids is 2. The molecular weight excluding hydrogens is 488 g/mol. The lowest BCUT2D eigenvalue weighted by Gasteiger charge is -2.37. The zero-order chi connectivity index (χ0) is 27.2. The monoisotopic (exact) mass is 526 g/mol. The SMILES string of the molecule is Cc1nsc(N[C@@H](CC(C)C)C(=O)NCC#N)c1-c1ccc(C2CNCCN2C(=O)OC(C)(C)C)cc1. The molecule has 37 heavy (non-hydrogen) atoms. The lowest BCUT2D eigenvalue weighted by atomic mass is 9.98. The first-order valence-corrected chi connectivity index (χ1v) is 13.5. The van der Waals surface area contributed by atoms with Crippen molar-refractivity contribution in [2.75, 3.05) is 31.5 Å². The van der Waals surface area contributed by atoms with Gasteiger partial charge in [0.15, 0.2) is 0 Å². The molecule has 1 aromatic heterocycles. The van der Waals surface area contributed by atoms with E-state index in [2.05, 4.69) is 34.2 Å². The summed E-state index contributed by atoms with van der Waals surface area (Å²) in [4.78, 5) is 27.3. The quantitative estimate of drug-likeness (QED) is 0.434. The van der Waals surface area contributed by atoms with Crippen LogP contribution in [0.1, 0.15) is 58.3 Å². The number of piperazine rings is 1. The van der Waals surface area contributed by atoms with Crippen LogP contribution in [0.2, 0.25) is 0 Å². The lowest BCUT2D eigenvalue weighted by Crippen LogP contribution is -2.50. The predicted molar refractivity (Wildman–Crippen MR) is 146 cm³/mol. The first kappa shape index (κ1) is 28.4. The van der Waals surface area contributed by atoms with E-state index in [1.165, 1.54) is 11.5 Å². The molecule has 0 bridgehead atoms. The average Bonchev–Trinajstić information content (AvgIpc) is 3.20. The van der Waals surface area contributed by atoms with Crippen LogP contribution in [0.4, 0.5) is 9.80 Å². The number of anilines is 1. The number of amides is 2. The number of rotatable bonds is 8. The summed E-state index contributed by atoms with van der Waals surface area (Å²) in [6.07, 6.45) is 0.320. The third-order valence-electron chi connectivity index (χ3n) is 5.99. The number of aryl methyl sites for hydroxylation is 1. The van der Waals surface area contributed by atoms with Gasteiger partial charge >= 0.3 is 6.09 Å². The van der Waals surface area contributed by atoms with Gasteiger partial charge in [-0.3, -0.25) is 9.69 Å². The van der Waals surface area contributed by atoms with Crippen LogP contribution in [0.5, 0.6) is 0 Å². The number of nitrogens with one attached hydrogen (secondary N) is 3. The molecule has 2 atom stereocenters. The minimum atomic E-state index is -0.553. The van der Waals surface area contributed by atoms with Crippen molar-refractivity contribution in [2.24, 2.45) is 5.92 Å². The number of nitrogens with zero attached hydrogens (tertiary/aromatic N) is 3. The van der Waals surface area contributed by atoms with E-state index < -0.39 is 11.6 Å². The number of ether oxygens (including phenoxy) is 1. The van der Waals surface area contributed by atoms with Gasteiger partial charge in [-0.15, -0.1) is 0 Å². The minimum absolute atomic E-state index is 0.0263. The van der Waals surface area contributed by atoms with Crippen LogP contribution in [0, 0.1) is 24.2 Å². The van der Waals surface area contributed by atoms with Crippen molar-refractivity contribution in [3.05, 3.63) is 35.5 Å². The fraction of sp³-hybridized carbons (Fsp3) is 0.556. The second-order valence-corrected chi connectivity index (χ2v) is 11.5. The molecule has 3 N–H and O–H groups in total. The Morgan fingerprint density at radius 3 is 2.62 bits per heavy atom. The van der Waals surface area contributed by atoms with Gasteiger partial charge < -0.3 is 20.7 Å². The van der Waals surface area contributed by atoms with Gasteiger partial charge in [0.2, 0.25) is 5.91 Å². The number of benzene rings is 1. The highest BCUT2D eigenvalue weighted by Crippen LogP contribution is 2.36. The summed E-state index contributed by atoms with van der Waals surface area (Å²) in [5.74, 6) is 0.0914. The summed E-state index contributed by atoms with van der Waals surface area (Å²) in [5, 5.41) is 19.1. The molecule has 1 aliphatic heterocycles. The van der Waals surface area contributed by atoms with Crippen molar-refractivity contribution >= 4 is 28.5 Å². The van der Waals surface area contributed by atoms with Crippen molar-refractivity contribution in [1.29, 1.82) is 5.26 Å². The van der Waals surface area contributed by atoms with Crippen molar-refractivity contribution < 1.29 is 14.3 Å². The maximum Gasteiger partial charge on any atom is 0.410 e. The standard InChI is InChI=1S/C27H38N6O3S/c1-17(2)15-21(24(34)30-12-11-28)31-25-23(18(3)32-37-25)20-9-7-19(8-10-20)22-16-29-13-14-33(22)26(35)36-27(4,5)6/h7-10,17,21-22,29,31H,12-16H2,1-6H3,(H,30,34)/t21-,22?/m0/s1.